The number of benzene rings is 2. The van der Waals surface area contributed by atoms with Crippen LogP contribution in [0.3, 0.4) is 0 Å². The van der Waals surface area contributed by atoms with E-state index in [1.807, 2.05) is 0 Å². The molecule has 2 atom stereocenters. The summed E-state index contributed by atoms with van der Waals surface area (Å²) in [5, 5.41) is 12.9. The van der Waals surface area contributed by atoms with E-state index in [1.165, 1.54) is 15.6 Å². The van der Waals surface area contributed by atoms with E-state index in [2.05, 4.69) is 5.10 Å². The van der Waals surface area contributed by atoms with E-state index in [9.17, 15) is 31.5 Å². The summed E-state index contributed by atoms with van der Waals surface area (Å²) in [4.78, 5) is 12.6. The molecular weight excluding hydrogens is 459 g/mol. The Morgan fingerprint density at radius 1 is 1.09 bits per heavy atom. The average Bonchev–Trinajstić information content (AvgIpc) is 3.38. The van der Waals surface area contributed by atoms with Gasteiger partial charge in [0.25, 0.3) is 0 Å². The fraction of sp³-hybridized carbons (Fsp3) is 0.273. The van der Waals surface area contributed by atoms with Gasteiger partial charge in [0.2, 0.25) is 0 Å². The summed E-state index contributed by atoms with van der Waals surface area (Å²) >= 11 is 0. The van der Waals surface area contributed by atoms with Crippen LogP contribution in [0.25, 0.3) is 5.69 Å². The molecule has 0 radical (unpaired) electrons. The van der Waals surface area contributed by atoms with Crippen LogP contribution in [0.2, 0.25) is 0 Å². The summed E-state index contributed by atoms with van der Waals surface area (Å²) in [7, 11) is -4.49. The summed E-state index contributed by atoms with van der Waals surface area (Å²) in [6.07, 6.45) is -5.22. The molecule has 0 aliphatic carbocycles. The number of hydrogen-bond acceptors (Lipinski definition) is 5. The number of carboxylic acid groups (broad SMARTS) is 1. The number of para-hydroxylation sites is 1. The molecule has 0 saturated carbocycles. The summed E-state index contributed by atoms with van der Waals surface area (Å²) in [6, 6.07) is 13.2. The minimum atomic E-state index is -4.86. The number of halogens is 3. The predicted octanol–water partition coefficient (Wildman–Crippen LogP) is 3.71. The van der Waals surface area contributed by atoms with E-state index in [-0.39, 0.29) is 13.0 Å². The minimum Gasteiger partial charge on any atom is -0.480 e. The van der Waals surface area contributed by atoms with Crippen LogP contribution in [-0.2, 0) is 20.8 Å². The molecule has 7 nitrogen and oxygen atoms in total. The third-order valence-electron chi connectivity index (χ3n) is 5.59. The van der Waals surface area contributed by atoms with Crippen molar-refractivity contribution in [1.82, 2.24) is 9.78 Å². The number of carbonyl (C=O) groups is 1. The van der Waals surface area contributed by atoms with Crippen molar-refractivity contribution < 1.29 is 31.5 Å². The number of aryl methyl sites for hydroxylation is 1. The zero-order chi connectivity index (χ0) is 24.0. The van der Waals surface area contributed by atoms with Gasteiger partial charge in [0.05, 0.1) is 27.1 Å². The molecule has 1 fully saturated rings. The van der Waals surface area contributed by atoms with Crippen molar-refractivity contribution in [3.8, 4) is 5.69 Å². The SMILES string of the molecule is Cc1cc(N2C[C@H](S(=O)(=O)c3ccccc3C(F)(F)F)C[C@H]2C(=O)O)n(-c2ccccc2)n1. The molecule has 0 amide bonds. The Balaban J connectivity index is 1.77. The number of nitrogens with zero attached hydrogens (tertiary/aromatic N) is 3. The lowest BCUT2D eigenvalue weighted by Crippen LogP contribution is -2.37. The van der Waals surface area contributed by atoms with Crippen molar-refractivity contribution in [2.75, 3.05) is 11.4 Å². The van der Waals surface area contributed by atoms with E-state index < -0.39 is 43.7 Å². The molecule has 4 rings (SSSR count). The van der Waals surface area contributed by atoms with Gasteiger partial charge >= 0.3 is 12.1 Å². The van der Waals surface area contributed by atoms with Gasteiger partial charge in [-0.1, -0.05) is 30.3 Å². The van der Waals surface area contributed by atoms with Crippen LogP contribution in [0, 0.1) is 6.92 Å². The van der Waals surface area contributed by atoms with E-state index in [4.69, 9.17) is 0 Å². The van der Waals surface area contributed by atoms with Crippen molar-refractivity contribution in [1.29, 1.82) is 0 Å². The summed E-state index contributed by atoms with van der Waals surface area (Å²) < 4.78 is 68.5. The highest BCUT2D eigenvalue weighted by molar-refractivity contribution is 7.92. The normalized spacial score (nSPS) is 19.1. The second kappa shape index (κ2) is 8.22. The molecule has 1 aliphatic rings. The van der Waals surface area contributed by atoms with Gasteiger partial charge in [0.1, 0.15) is 11.9 Å². The predicted molar refractivity (Wildman–Crippen MR) is 114 cm³/mol. The van der Waals surface area contributed by atoms with Crippen LogP contribution in [0.4, 0.5) is 19.0 Å². The monoisotopic (exact) mass is 479 g/mol. The van der Waals surface area contributed by atoms with Crippen LogP contribution < -0.4 is 4.90 Å². The van der Waals surface area contributed by atoms with Crippen LogP contribution >= 0.6 is 0 Å². The number of anilines is 1. The third-order valence-corrected chi connectivity index (χ3v) is 7.78. The standard InChI is InChI=1S/C22H20F3N3O4S/c1-14-11-20(28(26-14)15-7-3-2-4-8-15)27-13-16(12-18(27)21(29)30)33(31,32)19-10-6-5-9-17(19)22(23,24)25/h2-11,16,18H,12-13H2,1H3,(H,29,30)/t16-,18+/m1/s1. The van der Waals surface area contributed by atoms with Crippen molar-refractivity contribution in [2.24, 2.45) is 0 Å². The Morgan fingerprint density at radius 3 is 2.36 bits per heavy atom. The molecule has 0 bridgehead atoms. The lowest BCUT2D eigenvalue weighted by atomic mass is 10.2. The third kappa shape index (κ3) is 4.20. The van der Waals surface area contributed by atoms with Gasteiger partial charge in [-0.2, -0.15) is 18.3 Å². The molecule has 1 N–H and O–H groups in total. The molecule has 2 aromatic carbocycles. The van der Waals surface area contributed by atoms with Gasteiger partial charge in [0, 0.05) is 12.6 Å². The van der Waals surface area contributed by atoms with Gasteiger partial charge in [-0.25, -0.2) is 17.9 Å². The number of sulfone groups is 1. The smallest absolute Gasteiger partial charge is 0.417 e. The molecule has 1 aliphatic heterocycles. The highest BCUT2D eigenvalue weighted by Gasteiger charge is 2.47. The number of carboxylic acids is 1. The highest BCUT2D eigenvalue weighted by Crippen LogP contribution is 2.39. The number of rotatable bonds is 5. The molecular formula is C22H20F3N3O4S. The fourth-order valence-corrected chi connectivity index (χ4v) is 6.00. The van der Waals surface area contributed by atoms with E-state index in [1.54, 1.807) is 43.3 Å². The Hall–Kier alpha value is -3.34. The van der Waals surface area contributed by atoms with Gasteiger partial charge in [-0.15, -0.1) is 0 Å². The van der Waals surface area contributed by atoms with Crippen LogP contribution in [0.5, 0.6) is 0 Å². The zero-order valence-electron chi connectivity index (χ0n) is 17.4. The number of aliphatic carboxylic acids is 1. The minimum absolute atomic E-state index is 0.288. The Labute approximate surface area is 188 Å². The molecule has 33 heavy (non-hydrogen) atoms. The van der Waals surface area contributed by atoms with Crippen LogP contribution in [0.15, 0.2) is 65.6 Å². The van der Waals surface area contributed by atoms with Crippen LogP contribution in [0.1, 0.15) is 17.7 Å². The van der Waals surface area contributed by atoms with Gasteiger partial charge in [-0.3, -0.25) is 0 Å². The molecule has 3 aromatic rings. The topological polar surface area (TPSA) is 92.5 Å². The Kier molecular flexibility index (Phi) is 5.69. The van der Waals surface area contributed by atoms with Gasteiger partial charge in [-0.05, 0) is 37.6 Å². The summed E-state index contributed by atoms with van der Waals surface area (Å²) in [6.45, 7) is 1.42. The maximum Gasteiger partial charge on any atom is 0.417 e. The zero-order valence-corrected chi connectivity index (χ0v) is 18.2. The van der Waals surface area contributed by atoms with Crippen molar-refractivity contribution >= 4 is 21.6 Å². The number of alkyl halides is 3. The second-order valence-corrected chi connectivity index (χ2v) is 9.99. The number of aromatic nitrogens is 2. The van der Waals surface area contributed by atoms with E-state index in [0.29, 0.717) is 23.3 Å². The van der Waals surface area contributed by atoms with Gasteiger partial charge < -0.3 is 10.0 Å². The fourth-order valence-electron chi connectivity index (χ4n) is 4.09. The molecule has 1 saturated heterocycles. The lowest BCUT2D eigenvalue weighted by Gasteiger charge is -2.24. The van der Waals surface area contributed by atoms with Crippen LogP contribution in [-0.4, -0.2) is 47.1 Å². The first kappa shape index (κ1) is 22.8. The lowest BCUT2D eigenvalue weighted by molar-refractivity contribution is -0.140. The van der Waals surface area contributed by atoms with E-state index >= 15 is 0 Å². The van der Waals surface area contributed by atoms with Crippen molar-refractivity contribution in [2.45, 2.75) is 35.7 Å². The van der Waals surface area contributed by atoms with Crippen molar-refractivity contribution in [3.63, 3.8) is 0 Å². The Morgan fingerprint density at radius 2 is 1.73 bits per heavy atom. The first-order chi connectivity index (χ1) is 15.5. The molecule has 174 valence electrons. The maximum absolute atomic E-state index is 13.5. The first-order valence-corrected chi connectivity index (χ1v) is 11.6. The molecule has 0 unspecified atom stereocenters. The molecule has 11 heteroatoms. The molecule has 1 aromatic heterocycles. The first-order valence-electron chi connectivity index (χ1n) is 10.0. The Bertz CT molecular complexity index is 1290. The maximum atomic E-state index is 13.5. The number of hydrogen-bond donors (Lipinski definition) is 1. The quantitative estimate of drug-likeness (QED) is 0.600. The van der Waals surface area contributed by atoms with Gasteiger partial charge in [0.15, 0.2) is 9.84 Å². The largest absolute Gasteiger partial charge is 0.480 e. The summed E-state index contributed by atoms with van der Waals surface area (Å²) in [5.41, 5.74) is -0.0503. The molecule has 0 spiro atoms. The van der Waals surface area contributed by atoms with Crippen molar-refractivity contribution in [3.05, 3.63) is 71.9 Å². The highest BCUT2D eigenvalue weighted by atomic mass is 32.2. The summed E-state index contributed by atoms with van der Waals surface area (Å²) in [5.74, 6) is -0.914. The van der Waals surface area contributed by atoms with E-state index in [0.717, 1.165) is 12.1 Å². The second-order valence-electron chi connectivity index (χ2n) is 7.79. The average molecular weight is 479 g/mol. The molecule has 2 heterocycles.